The number of morpholine rings is 1. The predicted octanol–water partition coefficient (Wildman–Crippen LogP) is 0.860. The third-order valence-electron chi connectivity index (χ3n) is 4.53. The molecule has 1 spiro atoms. The van der Waals surface area contributed by atoms with E-state index >= 15 is 0 Å². The van der Waals surface area contributed by atoms with Gasteiger partial charge in [-0.3, -0.25) is 4.79 Å². The van der Waals surface area contributed by atoms with E-state index in [1.54, 1.807) is 17.1 Å². The summed E-state index contributed by atoms with van der Waals surface area (Å²) in [5, 5.41) is 11.0. The van der Waals surface area contributed by atoms with E-state index in [1.165, 1.54) is 0 Å². The molecule has 7 heteroatoms. The fourth-order valence-corrected chi connectivity index (χ4v) is 3.53. The lowest BCUT2D eigenvalue weighted by molar-refractivity contribution is -0.206. The largest absolute Gasteiger partial charge is 0.363 e. The SMILES string of the molecule is CC1(C)CN(C(=O)c2ccc(-n3ccnn3)cc2)CC2(CNC2)O1. The average molecular weight is 327 g/mol. The Hall–Kier alpha value is -2.25. The van der Waals surface area contributed by atoms with Crippen molar-refractivity contribution in [3.63, 3.8) is 0 Å². The lowest BCUT2D eigenvalue weighted by Gasteiger charge is -2.54. The molecule has 126 valence electrons. The maximum Gasteiger partial charge on any atom is 0.254 e. The molecule has 0 saturated carbocycles. The van der Waals surface area contributed by atoms with Gasteiger partial charge >= 0.3 is 0 Å². The minimum Gasteiger partial charge on any atom is -0.363 e. The summed E-state index contributed by atoms with van der Waals surface area (Å²) in [4.78, 5) is 14.8. The maximum atomic E-state index is 12.9. The highest BCUT2D eigenvalue weighted by atomic mass is 16.5. The summed E-state index contributed by atoms with van der Waals surface area (Å²) in [5.74, 6) is 0.0443. The van der Waals surface area contributed by atoms with E-state index in [1.807, 2.05) is 43.0 Å². The van der Waals surface area contributed by atoms with Gasteiger partial charge in [0.2, 0.25) is 0 Å². The van der Waals surface area contributed by atoms with E-state index in [-0.39, 0.29) is 17.1 Å². The van der Waals surface area contributed by atoms with Gasteiger partial charge in [-0.2, -0.15) is 0 Å². The van der Waals surface area contributed by atoms with Crippen molar-refractivity contribution in [2.45, 2.75) is 25.0 Å². The van der Waals surface area contributed by atoms with Crippen molar-refractivity contribution in [1.29, 1.82) is 0 Å². The number of hydrogen-bond acceptors (Lipinski definition) is 5. The fourth-order valence-electron chi connectivity index (χ4n) is 3.53. The van der Waals surface area contributed by atoms with Gasteiger partial charge in [0, 0.05) is 25.2 Å². The van der Waals surface area contributed by atoms with Crippen LogP contribution < -0.4 is 5.32 Å². The highest BCUT2D eigenvalue weighted by molar-refractivity contribution is 5.94. The van der Waals surface area contributed by atoms with Crippen LogP contribution in [0.15, 0.2) is 36.7 Å². The molecule has 24 heavy (non-hydrogen) atoms. The molecule has 0 atom stereocenters. The summed E-state index contributed by atoms with van der Waals surface area (Å²) < 4.78 is 7.87. The Labute approximate surface area is 140 Å². The second-order valence-electron chi connectivity index (χ2n) is 7.20. The Balaban J connectivity index is 1.54. The Kier molecular flexibility index (Phi) is 3.43. The zero-order valence-corrected chi connectivity index (χ0v) is 13.9. The van der Waals surface area contributed by atoms with Gasteiger partial charge in [-0.25, -0.2) is 4.68 Å². The first kappa shape index (κ1) is 15.3. The molecule has 1 aromatic heterocycles. The molecule has 2 aliphatic rings. The molecule has 1 amide bonds. The van der Waals surface area contributed by atoms with Crippen molar-refractivity contribution in [3.8, 4) is 5.69 Å². The molecule has 0 bridgehead atoms. The fraction of sp³-hybridized carbons (Fsp3) is 0.471. The molecule has 4 rings (SSSR count). The molecule has 1 N–H and O–H groups in total. The Bertz CT molecular complexity index is 735. The second-order valence-corrected chi connectivity index (χ2v) is 7.20. The molecule has 7 nitrogen and oxygen atoms in total. The van der Waals surface area contributed by atoms with Crippen LogP contribution in [0.1, 0.15) is 24.2 Å². The zero-order valence-electron chi connectivity index (χ0n) is 13.9. The van der Waals surface area contributed by atoms with Crippen LogP contribution >= 0.6 is 0 Å². The number of rotatable bonds is 2. The Morgan fingerprint density at radius 3 is 2.54 bits per heavy atom. The summed E-state index contributed by atoms with van der Waals surface area (Å²) >= 11 is 0. The smallest absolute Gasteiger partial charge is 0.254 e. The number of hydrogen-bond donors (Lipinski definition) is 1. The van der Waals surface area contributed by atoms with Crippen LogP contribution in [0.25, 0.3) is 5.69 Å². The van der Waals surface area contributed by atoms with Crippen molar-refractivity contribution < 1.29 is 9.53 Å². The number of amides is 1. The average Bonchev–Trinajstić information content (AvgIpc) is 3.06. The molecule has 2 fully saturated rings. The molecule has 0 radical (unpaired) electrons. The van der Waals surface area contributed by atoms with Crippen LogP contribution in [0.2, 0.25) is 0 Å². The molecule has 2 saturated heterocycles. The van der Waals surface area contributed by atoms with Crippen molar-refractivity contribution in [3.05, 3.63) is 42.2 Å². The second kappa shape index (κ2) is 5.39. The van der Waals surface area contributed by atoms with E-state index < -0.39 is 0 Å². The molecule has 3 heterocycles. The molecule has 2 aliphatic heterocycles. The minimum atomic E-state index is -0.337. The van der Waals surface area contributed by atoms with Crippen molar-refractivity contribution in [1.82, 2.24) is 25.2 Å². The number of nitrogens with zero attached hydrogens (tertiary/aromatic N) is 4. The molecule has 1 aromatic carbocycles. The number of ether oxygens (including phenoxy) is 1. The van der Waals surface area contributed by atoms with Crippen LogP contribution in [0.3, 0.4) is 0 Å². The molecular weight excluding hydrogens is 306 g/mol. The van der Waals surface area contributed by atoms with Crippen LogP contribution in [-0.2, 0) is 4.74 Å². The van der Waals surface area contributed by atoms with Gasteiger partial charge in [0.05, 0.1) is 30.2 Å². The maximum absolute atomic E-state index is 12.9. The summed E-state index contributed by atoms with van der Waals surface area (Å²) in [6, 6.07) is 7.45. The minimum absolute atomic E-state index is 0.0443. The first-order valence-corrected chi connectivity index (χ1v) is 8.13. The number of aromatic nitrogens is 3. The van der Waals surface area contributed by atoms with E-state index in [9.17, 15) is 4.79 Å². The molecular formula is C17H21N5O2. The van der Waals surface area contributed by atoms with E-state index in [2.05, 4.69) is 15.6 Å². The van der Waals surface area contributed by atoms with Crippen LogP contribution in [-0.4, -0.2) is 63.2 Å². The van der Waals surface area contributed by atoms with Crippen molar-refractivity contribution in [2.24, 2.45) is 0 Å². The first-order valence-electron chi connectivity index (χ1n) is 8.13. The summed E-state index contributed by atoms with van der Waals surface area (Å²) in [5.41, 5.74) is 0.986. The van der Waals surface area contributed by atoms with Gasteiger partial charge in [-0.05, 0) is 38.1 Å². The van der Waals surface area contributed by atoms with Gasteiger partial charge < -0.3 is 15.0 Å². The van der Waals surface area contributed by atoms with Crippen molar-refractivity contribution in [2.75, 3.05) is 26.2 Å². The highest BCUT2D eigenvalue weighted by Gasteiger charge is 2.49. The highest BCUT2D eigenvalue weighted by Crippen LogP contribution is 2.32. The first-order chi connectivity index (χ1) is 11.5. The molecule has 0 unspecified atom stereocenters. The molecule has 2 aromatic rings. The number of carbonyl (C=O) groups is 1. The summed E-state index contributed by atoms with van der Waals surface area (Å²) in [6.45, 7) is 6.91. The number of nitrogens with one attached hydrogen (secondary N) is 1. The summed E-state index contributed by atoms with van der Waals surface area (Å²) in [7, 11) is 0. The van der Waals surface area contributed by atoms with Crippen molar-refractivity contribution >= 4 is 5.91 Å². The van der Waals surface area contributed by atoms with Crippen LogP contribution in [0.4, 0.5) is 0 Å². The lowest BCUT2D eigenvalue weighted by atomic mass is 9.90. The van der Waals surface area contributed by atoms with Gasteiger partial charge in [-0.15, -0.1) is 5.10 Å². The quantitative estimate of drug-likeness (QED) is 0.886. The number of carbonyl (C=O) groups excluding carboxylic acids is 1. The third kappa shape index (κ3) is 2.70. The Morgan fingerprint density at radius 1 is 1.21 bits per heavy atom. The number of benzene rings is 1. The van der Waals surface area contributed by atoms with Crippen LogP contribution in [0, 0.1) is 0 Å². The van der Waals surface area contributed by atoms with Gasteiger partial charge in [0.25, 0.3) is 5.91 Å². The normalized spacial score (nSPS) is 21.5. The standard InChI is InChI=1S/C17H21N5O2/c1-16(2)11-21(12-17(24-16)9-18-10-17)15(23)13-3-5-14(6-4-13)22-8-7-19-20-22/h3-8,18H,9-12H2,1-2H3. The van der Waals surface area contributed by atoms with Crippen LogP contribution in [0.5, 0.6) is 0 Å². The van der Waals surface area contributed by atoms with Gasteiger partial charge in [0.15, 0.2) is 0 Å². The topological polar surface area (TPSA) is 72.3 Å². The van der Waals surface area contributed by atoms with E-state index in [0.29, 0.717) is 18.7 Å². The molecule has 0 aliphatic carbocycles. The lowest BCUT2D eigenvalue weighted by Crippen LogP contribution is -2.73. The summed E-state index contributed by atoms with van der Waals surface area (Å²) in [6.07, 6.45) is 3.40. The van der Waals surface area contributed by atoms with Gasteiger partial charge in [0.1, 0.15) is 5.60 Å². The zero-order chi connectivity index (χ0) is 16.8. The van der Waals surface area contributed by atoms with E-state index in [4.69, 9.17) is 4.74 Å². The predicted molar refractivity (Wildman–Crippen MR) is 88.0 cm³/mol. The Morgan fingerprint density at radius 2 is 1.96 bits per heavy atom. The van der Waals surface area contributed by atoms with Gasteiger partial charge in [-0.1, -0.05) is 5.21 Å². The van der Waals surface area contributed by atoms with E-state index in [0.717, 1.165) is 18.8 Å². The third-order valence-corrected chi connectivity index (χ3v) is 4.53. The monoisotopic (exact) mass is 327 g/mol.